The van der Waals surface area contributed by atoms with E-state index in [1.807, 2.05) is 0 Å². The minimum Gasteiger partial charge on any atom is -0.305 e. The quantitative estimate of drug-likeness (QED) is 0.472. The first-order valence-electron chi connectivity index (χ1n) is 2.03. The fraction of sp³-hybridized carbons (Fsp3) is 0.250. The van der Waals surface area contributed by atoms with Gasteiger partial charge >= 0.3 is 0 Å². The van der Waals surface area contributed by atoms with Crippen molar-refractivity contribution < 1.29 is 0 Å². The van der Waals surface area contributed by atoms with E-state index in [9.17, 15) is 4.79 Å². The van der Waals surface area contributed by atoms with Crippen LogP contribution in [0.15, 0.2) is 11.0 Å². The first-order valence-corrected chi connectivity index (χ1v) is 2.03. The molecule has 0 spiro atoms. The van der Waals surface area contributed by atoms with Crippen LogP contribution in [-0.4, -0.2) is 10.2 Å². The van der Waals surface area contributed by atoms with Crippen molar-refractivity contribution in [2.24, 2.45) is 0 Å². The minimum absolute atomic E-state index is 0.0417. The Morgan fingerprint density at radius 2 is 2.43 bits per heavy atom. The third kappa shape index (κ3) is 0.559. The first-order chi connectivity index (χ1) is 3.30. The highest BCUT2D eigenvalue weighted by Crippen LogP contribution is 1.75. The van der Waals surface area contributed by atoms with E-state index < -0.39 is 0 Å². The van der Waals surface area contributed by atoms with Gasteiger partial charge in [-0.1, -0.05) is 0 Å². The maximum Gasteiger partial charge on any atom is 0.266 e. The van der Waals surface area contributed by atoms with Gasteiger partial charge in [-0.3, -0.25) is 9.89 Å². The molecule has 0 fully saturated rings. The lowest BCUT2D eigenvalue weighted by Gasteiger charge is -1.63. The molecular weight excluding hydrogens is 92.1 g/mol. The largest absolute Gasteiger partial charge is 0.305 e. The monoisotopic (exact) mass is 98.0 g/mol. The zero-order chi connectivity index (χ0) is 5.28. The van der Waals surface area contributed by atoms with Crippen molar-refractivity contribution in [2.45, 2.75) is 6.92 Å². The Labute approximate surface area is 40.4 Å². The number of aryl methyl sites for hydroxylation is 1. The van der Waals surface area contributed by atoms with Gasteiger partial charge in [0, 0.05) is 11.8 Å². The van der Waals surface area contributed by atoms with Gasteiger partial charge in [0.15, 0.2) is 0 Å². The molecule has 0 saturated carbocycles. The topological polar surface area (TPSA) is 48.6 Å². The van der Waals surface area contributed by atoms with Crippen molar-refractivity contribution in [1.29, 1.82) is 0 Å². The van der Waals surface area contributed by atoms with Crippen LogP contribution >= 0.6 is 0 Å². The summed E-state index contributed by atoms with van der Waals surface area (Å²) in [6.45, 7) is 1.75. The molecule has 0 unspecified atom stereocenters. The van der Waals surface area contributed by atoms with Crippen LogP contribution in [0, 0.1) is 6.92 Å². The number of hydrogen-bond donors (Lipinski definition) is 2. The molecule has 0 atom stereocenters. The highest BCUT2D eigenvalue weighted by molar-refractivity contribution is 4.97. The Morgan fingerprint density at radius 3 is 2.57 bits per heavy atom. The lowest BCUT2D eigenvalue weighted by atomic mass is 10.4. The molecule has 3 heteroatoms. The molecule has 1 aromatic heterocycles. The summed E-state index contributed by atoms with van der Waals surface area (Å²) < 4.78 is 0. The Morgan fingerprint density at radius 1 is 1.71 bits per heavy atom. The number of H-pyrrole nitrogens is 2. The smallest absolute Gasteiger partial charge is 0.266 e. The Balaban J connectivity index is 3.39. The number of rotatable bonds is 0. The zero-order valence-corrected chi connectivity index (χ0v) is 3.99. The van der Waals surface area contributed by atoms with Gasteiger partial charge in [-0.05, 0) is 6.92 Å². The Bertz CT molecular complexity index is 197. The molecule has 0 radical (unpaired) electrons. The normalized spacial score (nSPS) is 9.29. The summed E-state index contributed by atoms with van der Waals surface area (Å²) >= 11 is 0. The molecule has 0 aliphatic carbocycles. The van der Waals surface area contributed by atoms with E-state index >= 15 is 0 Å². The predicted octanol–water partition coefficient (Wildman–Crippen LogP) is 0.0114. The fourth-order valence-corrected chi connectivity index (χ4v) is 0.374. The minimum atomic E-state index is -0.0417. The summed E-state index contributed by atoms with van der Waals surface area (Å²) in [4.78, 5) is 10.3. The van der Waals surface area contributed by atoms with Crippen LogP contribution in [0.25, 0.3) is 0 Å². The molecule has 2 N–H and O–H groups in total. The van der Waals surface area contributed by atoms with Crippen molar-refractivity contribution in [3.05, 3.63) is 22.1 Å². The van der Waals surface area contributed by atoms with Crippen molar-refractivity contribution >= 4 is 0 Å². The molecule has 0 aliphatic heterocycles. The van der Waals surface area contributed by atoms with Gasteiger partial charge in [0.2, 0.25) is 0 Å². The number of aromatic amines is 2. The second kappa shape index (κ2) is 1.26. The number of nitrogens with one attached hydrogen (secondary N) is 2. The molecule has 1 aromatic rings. The van der Waals surface area contributed by atoms with E-state index in [2.05, 4.69) is 10.2 Å². The van der Waals surface area contributed by atoms with Crippen LogP contribution in [0.2, 0.25) is 0 Å². The van der Waals surface area contributed by atoms with E-state index in [1.54, 1.807) is 13.1 Å². The fourth-order valence-electron chi connectivity index (χ4n) is 0.374. The second-order valence-corrected chi connectivity index (χ2v) is 1.43. The average Bonchev–Trinajstić information content (AvgIpc) is 1.91. The van der Waals surface area contributed by atoms with Crippen molar-refractivity contribution in [3.63, 3.8) is 0 Å². The Hall–Kier alpha value is -0.990. The van der Waals surface area contributed by atoms with Gasteiger partial charge in [0.25, 0.3) is 5.56 Å². The average molecular weight is 98.1 g/mol. The van der Waals surface area contributed by atoms with Crippen LogP contribution in [0.3, 0.4) is 0 Å². The molecule has 0 amide bonds. The molecule has 1 heterocycles. The van der Waals surface area contributed by atoms with Crippen LogP contribution in [0.4, 0.5) is 0 Å². The molecule has 0 aliphatic rings. The molecule has 3 nitrogen and oxygen atoms in total. The molecule has 0 saturated heterocycles. The molecular formula is C4H6N2O. The third-order valence-corrected chi connectivity index (χ3v) is 0.833. The van der Waals surface area contributed by atoms with Crippen LogP contribution < -0.4 is 5.56 Å². The molecule has 7 heavy (non-hydrogen) atoms. The summed E-state index contributed by atoms with van der Waals surface area (Å²) in [6, 6.07) is 0. The summed E-state index contributed by atoms with van der Waals surface area (Å²) in [5.41, 5.74) is 0.681. The van der Waals surface area contributed by atoms with E-state index in [-0.39, 0.29) is 5.56 Å². The summed E-state index contributed by atoms with van der Waals surface area (Å²) in [5.74, 6) is 0. The maximum atomic E-state index is 10.3. The predicted molar refractivity (Wildman–Crippen MR) is 26.2 cm³/mol. The highest BCUT2D eigenvalue weighted by Gasteiger charge is 1.85. The lowest BCUT2D eigenvalue weighted by molar-refractivity contribution is 1.06. The van der Waals surface area contributed by atoms with E-state index in [0.29, 0.717) is 0 Å². The van der Waals surface area contributed by atoms with E-state index in [0.717, 1.165) is 5.56 Å². The summed E-state index contributed by atoms with van der Waals surface area (Å²) in [7, 11) is 0. The van der Waals surface area contributed by atoms with E-state index in [4.69, 9.17) is 0 Å². The first kappa shape index (κ1) is 4.18. The SMILES string of the molecule is Cc1c[nH][nH]c1=O. The van der Waals surface area contributed by atoms with Crippen molar-refractivity contribution in [3.8, 4) is 0 Å². The molecule has 0 aromatic carbocycles. The van der Waals surface area contributed by atoms with Gasteiger partial charge in [-0.25, -0.2) is 0 Å². The highest BCUT2D eigenvalue weighted by atomic mass is 16.1. The van der Waals surface area contributed by atoms with E-state index in [1.165, 1.54) is 0 Å². The number of hydrogen-bond acceptors (Lipinski definition) is 1. The standard InChI is InChI=1S/C4H6N2O/c1-3-2-5-6-4(3)7/h2H,1H3,(H2,5,6,7). The Kier molecular flexibility index (Phi) is 0.749. The van der Waals surface area contributed by atoms with Crippen LogP contribution in [0.1, 0.15) is 5.56 Å². The second-order valence-electron chi connectivity index (χ2n) is 1.43. The molecule has 0 bridgehead atoms. The maximum absolute atomic E-state index is 10.3. The third-order valence-electron chi connectivity index (χ3n) is 0.833. The summed E-state index contributed by atoms with van der Waals surface area (Å²) in [5, 5.41) is 4.95. The number of aromatic nitrogens is 2. The zero-order valence-electron chi connectivity index (χ0n) is 3.99. The van der Waals surface area contributed by atoms with Crippen LogP contribution in [-0.2, 0) is 0 Å². The van der Waals surface area contributed by atoms with Crippen molar-refractivity contribution in [1.82, 2.24) is 10.2 Å². The van der Waals surface area contributed by atoms with Gasteiger partial charge < -0.3 is 5.10 Å². The van der Waals surface area contributed by atoms with Gasteiger partial charge in [-0.2, -0.15) is 0 Å². The van der Waals surface area contributed by atoms with Gasteiger partial charge in [0.05, 0.1) is 0 Å². The van der Waals surface area contributed by atoms with Gasteiger partial charge in [-0.15, -0.1) is 0 Å². The molecule has 38 valence electrons. The van der Waals surface area contributed by atoms with Crippen LogP contribution in [0.5, 0.6) is 0 Å². The molecule has 1 rings (SSSR count). The summed E-state index contributed by atoms with van der Waals surface area (Å²) in [6.07, 6.45) is 1.63. The lowest BCUT2D eigenvalue weighted by Crippen LogP contribution is -1.99. The van der Waals surface area contributed by atoms with Crippen molar-refractivity contribution in [2.75, 3.05) is 0 Å². The van der Waals surface area contributed by atoms with Gasteiger partial charge in [0.1, 0.15) is 0 Å².